The molecule has 13 rings (SSSR count). The SMILES string of the molecule is C1=CN=CC1.C1=NN=CC1.CC(C)C.CC(C)C.CC(C)C.CC(C)C.CC(C)C.CC(C)C.CC(C)C.CC(C)C.CC(C)C.CC(C)C.CC(C)C.CC(C)C.CC(C)C.c1cc[nH]c1.c1ccncc1.c1ccnnc1.c1ccoc1.c1ccsc1.c1cnccn1.c1cncnc1.c1cnoc1.c1cnsc1.c1cocn1.c1cscn1. The van der Waals surface area contributed by atoms with E-state index in [1.54, 1.807) is 158 Å². The van der Waals surface area contributed by atoms with Crippen LogP contribution in [0.25, 0.3) is 0 Å². The Balaban J connectivity index is -0.0000000913. The van der Waals surface area contributed by atoms with Crippen LogP contribution in [0.3, 0.4) is 0 Å². The highest BCUT2D eigenvalue weighted by Gasteiger charge is 1.78. The zero-order chi connectivity index (χ0) is 95.3. The normalized spacial score (nSPS) is 9.22. The third-order valence-electron chi connectivity index (χ3n) is 5.72. The lowest BCUT2D eigenvalue weighted by molar-refractivity contribution is 0.420. The number of pyridine rings is 1. The summed E-state index contributed by atoms with van der Waals surface area (Å²) in [5.41, 5.74) is 1.79. The molecule has 0 aromatic carbocycles. The van der Waals surface area contributed by atoms with Gasteiger partial charge in [-0.05, 0) is 166 Å². The van der Waals surface area contributed by atoms with Crippen LogP contribution in [0.15, 0.2) is 290 Å². The lowest BCUT2D eigenvalue weighted by atomic mass is 10.3. The van der Waals surface area contributed by atoms with Gasteiger partial charge in [0.15, 0.2) is 6.39 Å². The van der Waals surface area contributed by atoms with E-state index in [9.17, 15) is 0 Å². The molecule has 13 heterocycles. The number of oxazole rings is 1. The van der Waals surface area contributed by atoms with E-state index in [4.69, 9.17) is 0 Å². The summed E-state index contributed by atoms with van der Waals surface area (Å²) in [6, 6.07) is 26.4. The maximum Gasteiger partial charge on any atom is 0.180 e. The number of nitrogens with one attached hydrogen (secondary N) is 1. The van der Waals surface area contributed by atoms with Crippen molar-refractivity contribution in [3.8, 4) is 0 Å². The van der Waals surface area contributed by atoms with E-state index in [0.29, 0.717) is 0 Å². The highest BCUT2D eigenvalue weighted by Crippen LogP contribution is 1.93. The van der Waals surface area contributed by atoms with Crippen molar-refractivity contribution in [2.75, 3.05) is 0 Å². The first-order chi connectivity index (χ1) is 57.0. The minimum atomic E-state index is 0.833. The molecule has 0 unspecified atom stereocenters. The molecule has 121 heavy (non-hydrogen) atoms. The third-order valence-corrected chi connectivity index (χ3v) is 7.39. The van der Waals surface area contributed by atoms with Crippen LogP contribution in [0.2, 0.25) is 0 Å². The number of nitrogens with zero attached hydrogens (tertiary/aromatic N) is 14. The number of hydrogen-bond donors (Lipinski definition) is 1. The van der Waals surface area contributed by atoms with E-state index >= 15 is 0 Å². The average molecular weight is 1740 g/mol. The van der Waals surface area contributed by atoms with E-state index < -0.39 is 0 Å². The average Bonchev–Trinajstić information content (AvgIpc) is 2.02. The van der Waals surface area contributed by atoms with Gasteiger partial charge in [0.25, 0.3) is 0 Å². The molecule has 1 N–H and O–H groups in total. The molecule has 21 heteroatoms. The summed E-state index contributed by atoms with van der Waals surface area (Å²) >= 11 is 4.78. The number of furan rings is 1. The largest absolute Gasteiger partial charge is 0.473 e. The van der Waals surface area contributed by atoms with E-state index in [-0.39, 0.29) is 0 Å². The van der Waals surface area contributed by atoms with Gasteiger partial charge >= 0.3 is 0 Å². The number of H-pyrrole nitrogens is 1. The Morgan fingerprint density at radius 2 is 0.661 bits per heavy atom. The predicted molar refractivity (Wildman–Crippen MR) is 542 cm³/mol. The zero-order valence-electron chi connectivity index (χ0n) is 83.7. The number of aromatic nitrogens is 12. The number of aromatic amines is 1. The third kappa shape index (κ3) is 366. The molecule has 0 fully saturated rings. The first-order valence-electron chi connectivity index (χ1n) is 42.5. The maximum atomic E-state index is 4.58. The van der Waals surface area contributed by atoms with Crippen LogP contribution in [0.1, 0.15) is 283 Å². The van der Waals surface area contributed by atoms with Crippen molar-refractivity contribution < 1.29 is 13.4 Å². The predicted octanol–water partition coefficient (Wildman–Crippen LogP) is 33.2. The molecular weight excluding hydrogens is 1560 g/mol. The number of rotatable bonds is 0. The van der Waals surface area contributed by atoms with Gasteiger partial charge in [-0.1, -0.05) is 299 Å². The Labute approximate surface area is 757 Å². The summed E-state index contributed by atoms with van der Waals surface area (Å²) in [6.45, 7) is 84.5. The first-order valence-corrected chi connectivity index (χ1v) is 45.3. The Bertz CT molecular complexity index is 2300. The van der Waals surface area contributed by atoms with Crippen LogP contribution in [0.5, 0.6) is 0 Å². The summed E-state index contributed by atoms with van der Waals surface area (Å²) < 4.78 is 17.2. The van der Waals surface area contributed by atoms with E-state index in [1.807, 2.05) is 119 Å². The van der Waals surface area contributed by atoms with Gasteiger partial charge in [0.2, 0.25) is 0 Å². The summed E-state index contributed by atoms with van der Waals surface area (Å²) in [5, 5.41) is 25.4. The Morgan fingerprint density at radius 3 is 0.769 bits per heavy atom. The quantitative estimate of drug-likeness (QED) is 0.149. The number of thiazole rings is 1. The topological polar surface area (TPSA) is 234 Å². The monoisotopic (exact) mass is 1740 g/mol. The fourth-order valence-corrected chi connectivity index (χ4v) is 4.20. The van der Waals surface area contributed by atoms with Gasteiger partial charge in [-0.2, -0.15) is 31.7 Å². The summed E-state index contributed by atoms with van der Waals surface area (Å²) in [6.07, 6.45) is 47.5. The van der Waals surface area contributed by atoms with Crippen molar-refractivity contribution in [1.82, 2.24) is 59.6 Å². The van der Waals surface area contributed by atoms with Crippen LogP contribution in [-0.2, 0) is 0 Å². The molecular formula is C100H181N15O3S3. The first kappa shape index (κ1) is 141. The van der Waals surface area contributed by atoms with Crippen molar-refractivity contribution >= 4 is 52.8 Å². The number of aliphatic imine (C=N–C) groups is 1. The van der Waals surface area contributed by atoms with Crippen LogP contribution in [0.4, 0.5) is 0 Å². The molecule has 0 saturated heterocycles. The summed E-state index contributed by atoms with van der Waals surface area (Å²) in [5.74, 6) is 10.8. The van der Waals surface area contributed by atoms with Crippen molar-refractivity contribution in [3.05, 3.63) is 261 Å². The smallest absolute Gasteiger partial charge is 0.180 e. The molecule has 0 amide bonds. The second kappa shape index (κ2) is 137. The number of hydrogen-bond acceptors (Lipinski definition) is 20. The highest BCUT2D eigenvalue weighted by molar-refractivity contribution is 7.07. The molecule has 0 bridgehead atoms. The van der Waals surface area contributed by atoms with Crippen LogP contribution < -0.4 is 0 Å². The lowest BCUT2D eigenvalue weighted by Crippen LogP contribution is -1.69. The molecule has 692 valence electrons. The number of thiophene rings is 1. The zero-order valence-corrected chi connectivity index (χ0v) is 86.1. The Hall–Kier alpha value is -8.92. The standard InChI is InChI=1S/C5H5N.3C4H4N2.2C4H5N.C4H4O.C4H4S.13C4H10.C3H4N2.2C3H3NO.2C3H3NS/c1-2-4-6-5-3-1;1-2-6-4-3-5-1;1-2-5-4-6-3-1;1-2-4-6-5-3-1;4*1-2-4-5-3-1;13*1-4(2)3;1-2-4-5-3-1;1-2-5-3-4-1;1-2-4-5-3-1;1-2-5-3-4-1;1-2-4-5-3-1/h1-5H;3*1-4H;1,3-4H,2H2;1-5H;2*1-4H;13*4H,1-3H3;2-3H,1H2;4*1-3H. The van der Waals surface area contributed by atoms with Crippen molar-refractivity contribution in [3.63, 3.8) is 0 Å². The van der Waals surface area contributed by atoms with Gasteiger partial charge in [0.05, 0.1) is 30.4 Å². The second-order valence-electron chi connectivity index (χ2n) is 33.2. The van der Waals surface area contributed by atoms with Crippen molar-refractivity contribution in [1.29, 1.82) is 0 Å². The molecule has 18 nitrogen and oxygen atoms in total. The molecule has 0 atom stereocenters. The molecule has 2 aliphatic heterocycles. The van der Waals surface area contributed by atoms with Crippen LogP contribution >= 0.6 is 34.2 Å². The highest BCUT2D eigenvalue weighted by atomic mass is 32.1. The van der Waals surface area contributed by atoms with Crippen LogP contribution in [0, 0.1) is 76.9 Å². The molecule has 0 radical (unpaired) electrons. The van der Waals surface area contributed by atoms with Gasteiger partial charge in [-0.25, -0.2) is 19.3 Å². The second-order valence-corrected chi connectivity index (χ2v) is 35.5. The summed E-state index contributed by atoms with van der Waals surface area (Å²) in [7, 11) is 0. The molecule has 0 aliphatic carbocycles. The van der Waals surface area contributed by atoms with Gasteiger partial charge in [-0.15, -0.1) is 11.3 Å². The minimum absolute atomic E-state index is 0.833. The molecule has 11 aromatic rings. The van der Waals surface area contributed by atoms with Gasteiger partial charge in [0, 0.05) is 135 Å². The van der Waals surface area contributed by atoms with E-state index in [0.717, 1.165) is 89.8 Å². The van der Waals surface area contributed by atoms with Crippen LogP contribution in [-0.4, -0.2) is 78.2 Å². The molecule has 0 saturated carbocycles. The van der Waals surface area contributed by atoms with E-state index in [1.165, 1.54) is 36.8 Å². The fraction of sp³-hybridized carbons (Fsp3) is 0.540. The minimum Gasteiger partial charge on any atom is -0.473 e. The lowest BCUT2D eigenvalue weighted by Gasteiger charge is -1.79. The molecule has 0 spiro atoms. The Morgan fingerprint density at radius 1 is 0.273 bits per heavy atom. The van der Waals surface area contributed by atoms with Crippen molar-refractivity contribution in [2.45, 2.75) is 283 Å². The summed E-state index contributed by atoms with van der Waals surface area (Å²) in [4.78, 5) is 32.5. The van der Waals surface area contributed by atoms with Gasteiger partial charge in [0.1, 0.15) is 18.9 Å². The number of allylic oxidation sites excluding steroid dienone is 1. The van der Waals surface area contributed by atoms with Gasteiger partial charge < -0.3 is 18.3 Å². The maximum absolute atomic E-state index is 4.58. The van der Waals surface area contributed by atoms with E-state index in [2.05, 4.69) is 358 Å². The molecule has 2 aliphatic rings. The Kier molecular flexibility index (Phi) is 160. The van der Waals surface area contributed by atoms with Gasteiger partial charge in [-0.3, -0.25) is 24.9 Å². The molecule has 11 aromatic heterocycles. The van der Waals surface area contributed by atoms with Crippen molar-refractivity contribution in [2.24, 2.45) is 92.1 Å². The fourth-order valence-electron chi connectivity index (χ4n) is 3.05.